The molecule has 4 aliphatic rings. The third kappa shape index (κ3) is 3.82. The maximum absolute atomic E-state index is 12.7. The van der Waals surface area contributed by atoms with Crippen LogP contribution < -0.4 is 5.32 Å². The largest absolute Gasteiger partial charge is 0.450 e. The molecule has 2 saturated carbocycles. The predicted octanol–water partition coefficient (Wildman–Crippen LogP) is 2.77. The van der Waals surface area contributed by atoms with E-state index in [1.165, 1.54) is 0 Å². The number of hydrogen-bond donors (Lipinski definition) is 1. The van der Waals surface area contributed by atoms with Crippen LogP contribution in [0.2, 0.25) is 0 Å². The molecule has 0 bridgehead atoms. The Morgan fingerprint density at radius 3 is 2.52 bits per heavy atom. The minimum Gasteiger partial charge on any atom is -0.450 e. The molecule has 6 heteroatoms. The zero-order valence-electron chi connectivity index (χ0n) is 19.5. The zero-order valence-corrected chi connectivity index (χ0v) is 16.5. The minimum atomic E-state index is -2.12. The van der Waals surface area contributed by atoms with Gasteiger partial charge in [-0.3, -0.25) is 4.79 Å². The average Bonchev–Trinajstić information content (AvgIpc) is 3.08. The van der Waals surface area contributed by atoms with Crippen molar-refractivity contribution in [1.82, 2.24) is 15.1 Å². The highest BCUT2D eigenvalue weighted by atomic mass is 16.6. The smallest absolute Gasteiger partial charge is 0.409 e. The molecule has 4 fully saturated rings. The molecule has 1 N–H and O–H groups in total. The van der Waals surface area contributed by atoms with Crippen LogP contribution in [-0.2, 0) is 9.53 Å². The van der Waals surface area contributed by atoms with E-state index in [1.54, 1.807) is 0 Å². The van der Waals surface area contributed by atoms with Crippen LogP contribution in [0.4, 0.5) is 4.79 Å². The second-order valence-corrected chi connectivity index (χ2v) is 9.17. The van der Waals surface area contributed by atoms with Crippen molar-refractivity contribution >= 4 is 12.0 Å². The summed E-state index contributed by atoms with van der Waals surface area (Å²) >= 11 is 0. The van der Waals surface area contributed by atoms with Gasteiger partial charge in [-0.15, -0.1) is 0 Å². The van der Waals surface area contributed by atoms with Crippen LogP contribution in [0.1, 0.15) is 69.3 Å². The molecule has 1 spiro atoms. The highest BCUT2D eigenvalue weighted by molar-refractivity contribution is 5.79. The molecular formula is C21H35N3O3. The number of likely N-dealkylation sites (tertiary alicyclic amines) is 2. The predicted molar refractivity (Wildman–Crippen MR) is 103 cm³/mol. The first kappa shape index (κ1) is 15.6. The van der Waals surface area contributed by atoms with Crippen molar-refractivity contribution in [3.05, 3.63) is 0 Å². The van der Waals surface area contributed by atoms with Crippen molar-refractivity contribution in [1.29, 1.82) is 0 Å². The van der Waals surface area contributed by atoms with Gasteiger partial charge in [-0.25, -0.2) is 4.79 Å². The lowest BCUT2D eigenvalue weighted by Gasteiger charge is -2.51. The van der Waals surface area contributed by atoms with E-state index in [9.17, 15) is 9.59 Å². The van der Waals surface area contributed by atoms with Gasteiger partial charge in [0.05, 0.1) is 6.61 Å². The SMILES string of the molecule is [2H]C([2H])([2H])C1(NC(=O)C2CCN(C3CC4(CCN(C(=O)OCC)C4)C3)CC2)CCC1. The molecule has 152 valence electrons. The number of carbonyl (C=O) groups excluding carboxylic acids is 2. The Morgan fingerprint density at radius 1 is 1.19 bits per heavy atom. The molecule has 0 radical (unpaired) electrons. The van der Waals surface area contributed by atoms with Gasteiger partial charge in [-0.1, -0.05) is 0 Å². The van der Waals surface area contributed by atoms with Crippen molar-refractivity contribution in [2.24, 2.45) is 11.3 Å². The quantitative estimate of drug-likeness (QED) is 0.815. The third-order valence-corrected chi connectivity index (χ3v) is 7.29. The van der Waals surface area contributed by atoms with Crippen molar-refractivity contribution < 1.29 is 18.4 Å². The molecule has 2 aliphatic heterocycles. The number of amides is 2. The van der Waals surface area contributed by atoms with E-state index in [-0.39, 0.29) is 23.3 Å². The number of piperidine rings is 1. The summed E-state index contributed by atoms with van der Waals surface area (Å²) in [6.45, 7) is 3.50. The first-order valence-electron chi connectivity index (χ1n) is 12.1. The van der Waals surface area contributed by atoms with Gasteiger partial charge in [0.15, 0.2) is 0 Å². The Bertz CT molecular complexity index is 666. The highest BCUT2D eigenvalue weighted by Crippen LogP contribution is 2.50. The Balaban J connectivity index is 1.22. The van der Waals surface area contributed by atoms with E-state index >= 15 is 0 Å². The van der Waals surface area contributed by atoms with Gasteiger partial charge >= 0.3 is 6.09 Å². The van der Waals surface area contributed by atoms with Crippen molar-refractivity contribution in [2.45, 2.75) is 76.7 Å². The lowest BCUT2D eigenvalue weighted by atomic mass is 9.64. The van der Waals surface area contributed by atoms with E-state index < -0.39 is 12.4 Å². The Morgan fingerprint density at radius 2 is 1.93 bits per heavy atom. The summed E-state index contributed by atoms with van der Waals surface area (Å²) in [7, 11) is 0. The molecule has 0 aromatic rings. The number of rotatable bonds is 4. The number of nitrogens with zero attached hydrogens (tertiary/aromatic N) is 2. The molecule has 4 rings (SSSR count). The van der Waals surface area contributed by atoms with Crippen molar-refractivity contribution in [3.63, 3.8) is 0 Å². The van der Waals surface area contributed by atoms with E-state index in [2.05, 4.69) is 10.2 Å². The summed E-state index contributed by atoms with van der Waals surface area (Å²) in [4.78, 5) is 29.0. The normalized spacial score (nSPS) is 35.5. The molecule has 0 atom stereocenters. The molecule has 0 unspecified atom stereocenters. The van der Waals surface area contributed by atoms with Crippen LogP contribution in [0.5, 0.6) is 0 Å². The van der Waals surface area contributed by atoms with Crippen LogP contribution in [0.3, 0.4) is 0 Å². The monoisotopic (exact) mass is 380 g/mol. The first-order chi connectivity index (χ1) is 14.2. The van der Waals surface area contributed by atoms with Gasteiger partial charge in [0.25, 0.3) is 0 Å². The molecule has 0 aromatic carbocycles. The average molecular weight is 381 g/mol. The van der Waals surface area contributed by atoms with E-state index in [0.29, 0.717) is 25.5 Å². The second kappa shape index (κ2) is 7.26. The Hall–Kier alpha value is -1.30. The molecule has 27 heavy (non-hydrogen) atoms. The molecular weight excluding hydrogens is 342 g/mol. The minimum absolute atomic E-state index is 0.0728. The summed E-state index contributed by atoms with van der Waals surface area (Å²) in [5, 5.41) is 2.91. The fraction of sp³-hybridized carbons (Fsp3) is 0.905. The molecule has 0 aromatic heterocycles. The number of ether oxygens (including phenoxy) is 1. The molecule has 2 amide bonds. The molecule has 2 aliphatic carbocycles. The maximum Gasteiger partial charge on any atom is 0.409 e. The van der Waals surface area contributed by atoms with Gasteiger partial charge < -0.3 is 19.9 Å². The highest BCUT2D eigenvalue weighted by Gasteiger charge is 2.51. The maximum atomic E-state index is 12.7. The van der Waals surface area contributed by atoms with Gasteiger partial charge in [0.1, 0.15) is 0 Å². The fourth-order valence-electron chi connectivity index (χ4n) is 5.36. The van der Waals surface area contributed by atoms with Crippen molar-refractivity contribution in [2.75, 3.05) is 32.8 Å². The second-order valence-electron chi connectivity index (χ2n) is 9.17. The van der Waals surface area contributed by atoms with Crippen LogP contribution in [-0.4, -0.2) is 66.2 Å². The summed E-state index contributed by atoms with van der Waals surface area (Å²) in [6, 6.07) is 0.538. The lowest BCUT2D eigenvalue weighted by molar-refractivity contribution is -0.130. The van der Waals surface area contributed by atoms with Gasteiger partial charge in [0, 0.05) is 34.7 Å². The van der Waals surface area contributed by atoms with E-state index in [4.69, 9.17) is 8.85 Å². The Labute approximate surface area is 167 Å². The standard InChI is InChI=1S/C21H35N3O3/c1-3-27-19(26)24-12-9-21(15-24)13-17(14-21)23-10-5-16(6-11-23)18(25)22-20(2)7-4-8-20/h16-17H,3-15H2,1-2H3,(H,22,25)/i2D3. The molecule has 6 nitrogen and oxygen atoms in total. The molecule has 2 saturated heterocycles. The Kier molecular flexibility index (Phi) is 4.20. The van der Waals surface area contributed by atoms with Gasteiger partial charge in [0.2, 0.25) is 5.91 Å². The van der Waals surface area contributed by atoms with Crippen molar-refractivity contribution in [3.8, 4) is 0 Å². The summed E-state index contributed by atoms with van der Waals surface area (Å²) in [6.07, 6.45) is 6.66. The van der Waals surface area contributed by atoms with Crippen LogP contribution in [0.15, 0.2) is 0 Å². The zero-order chi connectivity index (χ0) is 21.6. The summed E-state index contributed by atoms with van der Waals surface area (Å²) in [5.41, 5.74) is -0.739. The molecule has 2 heterocycles. The topological polar surface area (TPSA) is 61.9 Å². The van der Waals surface area contributed by atoms with E-state index in [0.717, 1.165) is 64.7 Å². The van der Waals surface area contributed by atoms with Crippen LogP contribution in [0, 0.1) is 11.3 Å². The van der Waals surface area contributed by atoms with Gasteiger partial charge in [-0.2, -0.15) is 0 Å². The van der Waals surface area contributed by atoms with Crippen LogP contribution >= 0.6 is 0 Å². The first-order valence-corrected chi connectivity index (χ1v) is 10.6. The fourth-order valence-corrected chi connectivity index (χ4v) is 5.36. The van der Waals surface area contributed by atoms with Gasteiger partial charge in [-0.05, 0) is 83.6 Å². The number of nitrogens with one attached hydrogen (secondary N) is 1. The third-order valence-electron chi connectivity index (χ3n) is 7.29. The summed E-state index contributed by atoms with van der Waals surface area (Å²) in [5.74, 6) is -0.155. The number of hydrogen-bond acceptors (Lipinski definition) is 4. The number of carbonyl (C=O) groups is 2. The lowest BCUT2D eigenvalue weighted by Crippen LogP contribution is -2.56. The summed E-state index contributed by atoms with van der Waals surface area (Å²) < 4.78 is 28.5. The van der Waals surface area contributed by atoms with E-state index in [1.807, 2.05) is 11.8 Å². The van der Waals surface area contributed by atoms with Crippen LogP contribution in [0.25, 0.3) is 0 Å².